The highest BCUT2D eigenvalue weighted by molar-refractivity contribution is 7.09. The molecule has 2 heterocycles. The van der Waals surface area contributed by atoms with E-state index in [-0.39, 0.29) is 5.69 Å². The molecule has 0 atom stereocenters. The number of aromatic nitrogens is 2. The third-order valence-electron chi connectivity index (χ3n) is 2.59. The summed E-state index contributed by atoms with van der Waals surface area (Å²) in [5.74, 6) is -0.178. The number of rotatable bonds is 3. The van der Waals surface area contributed by atoms with Gasteiger partial charge in [-0.05, 0) is 18.4 Å². The zero-order valence-corrected chi connectivity index (χ0v) is 9.91. The molecule has 0 radical (unpaired) electrons. The molecule has 2 aromatic rings. The van der Waals surface area contributed by atoms with E-state index >= 15 is 0 Å². The van der Waals surface area contributed by atoms with Crippen LogP contribution in [0.2, 0.25) is 0 Å². The number of hydrogen-bond donors (Lipinski definition) is 1. The smallest absolute Gasteiger partial charge is 0.356 e. The molecule has 0 bridgehead atoms. The van der Waals surface area contributed by atoms with E-state index in [2.05, 4.69) is 4.98 Å². The van der Waals surface area contributed by atoms with Gasteiger partial charge in [0, 0.05) is 24.0 Å². The Morgan fingerprint density at radius 3 is 2.88 bits per heavy atom. The van der Waals surface area contributed by atoms with Gasteiger partial charge in [0.05, 0.1) is 0 Å². The van der Waals surface area contributed by atoms with E-state index in [9.17, 15) is 4.79 Å². The SMILES string of the molecule is Cc1c(C(=O)O)nc(Cc2cccs2)n1C. The maximum absolute atomic E-state index is 10.9. The Kier molecular flexibility index (Phi) is 2.78. The summed E-state index contributed by atoms with van der Waals surface area (Å²) in [6.45, 7) is 1.77. The first-order chi connectivity index (χ1) is 7.59. The molecule has 0 fully saturated rings. The fraction of sp³-hybridized carbons (Fsp3) is 0.273. The van der Waals surface area contributed by atoms with Gasteiger partial charge in [0.1, 0.15) is 5.82 Å². The lowest BCUT2D eigenvalue weighted by molar-refractivity contribution is 0.0690. The van der Waals surface area contributed by atoms with Crippen LogP contribution in [0.5, 0.6) is 0 Å². The molecular formula is C11H12N2O2S. The van der Waals surface area contributed by atoms with Crippen molar-refractivity contribution in [2.75, 3.05) is 0 Å². The third kappa shape index (κ3) is 1.86. The van der Waals surface area contributed by atoms with E-state index in [0.717, 1.165) is 5.82 Å². The first kappa shape index (κ1) is 10.9. The number of thiophene rings is 1. The number of hydrogen-bond acceptors (Lipinski definition) is 3. The number of imidazole rings is 1. The molecule has 0 aromatic carbocycles. The average Bonchev–Trinajstić information content (AvgIpc) is 2.82. The molecule has 0 aliphatic heterocycles. The van der Waals surface area contributed by atoms with Gasteiger partial charge >= 0.3 is 5.97 Å². The number of carboxylic acids is 1. The van der Waals surface area contributed by atoms with Crippen LogP contribution in [0.3, 0.4) is 0 Å². The summed E-state index contributed by atoms with van der Waals surface area (Å²) in [5.41, 5.74) is 0.841. The van der Waals surface area contributed by atoms with E-state index < -0.39 is 5.97 Å². The number of nitrogens with zero attached hydrogens (tertiary/aromatic N) is 2. The van der Waals surface area contributed by atoms with Crippen LogP contribution in [-0.4, -0.2) is 20.6 Å². The van der Waals surface area contributed by atoms with Gasteiger partial charge in [-0.1, -0.05) is 6.07 Å². The molecule has 84 valence electrons. The van der Waals surface area contributed by atoms with Gasteiger partial charge in [-0.15, -0.1) is 11.3 Å². The van der Waals surface area contributed by atoms with Crippen molar-refractivity contribution in [3.63, 3.8) is 0 Å². The first-order valence-electron chi connectivity index (χ1n) is 4.87. The Morgan fingerprint density at radius 1 is 1.62 bits per heavy atom. The molecule has 0 saturated carbocycles. The van der Waals surface area contributed by atoms with Crippen molar-refractivity contribution in [1.82, 2.24) is 9.55 Å². The monoisotopic (exact) mass is 236 g/mol. The van der Waals surface area contributed by atoms with Gasteiger partial charge in [-0.3, -0.25) is 0 Å². The van der Waals surface area contributed by atoms with E-state index in [1.165, 1.54) is 4.88 Å². The van der Waals surface area contributed by atoms with Gasteiger partial charge in [0.2, 0.25) is 0 Å². The summed E-state index contributed by atoms with van der Waals surface area (Å²) < 4.78 is 1.84. The van der Waals surface area contributed by atoms with Gasteiger partial charge in [0.25, 0.3) is 0 Å². The molecular weight excluding hydrogens is 224 g/mol. The van der Waals surface area contributed by atoms with Crippen molar-refractivity contribution in [3.05, 3.63) is 39.6 Å². The Hall–Kier alpha value is -1.62. The molecule has 0 saturated heterocycles. The molecule has 1 N–H and O–H groups in total. The lowest BCUT2D eigenvalue weighted by Gasteiger charge is -2.00. The summed E-state index contributed by atoms with van der Waals surface area (Å²) >= 11 is 1.65. The molecule has 2 rings (SSSR count). The predicted octanol–water partition coefficient (Wildman–Crippen LogP) is 2.08. The van der Waals surface area contributed by atoms with Crippen molar-refractivity contribution in [3.8, 4) is 0 Å². The fourth-order valence-corrected chi connectivity index (χ4v) is 2.27. The molecule has 16 heavy (non-hydrogen) atoms. The van der Waals surface area contributed by atoms with Crippen LogP contribution in [0.1, 0.15) is 26.9 Å². The fourth-order valence-electron chi connectivity index (χ4n) is 1.57. The zero-order chi connectivity index (χ0) is 11.7. The summed E-state index contributed by atoms with van der Waals surface area (Å²) in [6, 6.07) is 4.00. The minimum absolute atomic E-state index is 0.147. The van der Waals surface area contributed by atoms with Crippen molar-refractivity contribution < 1.29 is 9.90 Å². The van der Waals surface area contributed by atoms with E-state index in [0.29, 0.717) is 12.1 Å². The molecule has 2 aromatic heterocycles. The number of aromatic carboxylic acids is 1. The minimum atomic E-state index is -0.967. The highest BCUT2D eigenvalue weighted by atomic mass is 32.1. The first-order valence-corrected chi connectivity index (χ1v) is 5.75. The second kappa shape index (κ2) is 4.09. The number of carbonyl (C=O) groups is 1. The maximum atomic E-state index is 10.9. The average molecular weight is 236 g/mol. The van der Waals surface area contributed by atoms with Crippen LogP contribution in [0.4, 0.5) is 0 Å². The Balaban J connectivity index is 2.35. The van der Waals surface area contributed by atoms with Gasteiger partial charge in [-0.2, -0.15) is 0 Å². The van der Waals surface area contributed by atoms with Crippen LogP contribution in [0.25, 0.3) is 0 Å². The van der Waals surface area contributed by atoms with E-state index in [1.807, 2.05) is 29.1 Å². The predicted molar refractivity (Wildman–Crippen MR) is 62.0 cm³/mol. The summed E-state index contributed by atoms with van der Waals surface area (Å²) in [5, 5.41) is 11.0. The van der Waals surface area contributed by atoms with Crippen LogP contribution in [-0.2, 0) is 13.5 Å². The molecule has 0 amide bonds. The topological polar surface area (TPSA) is 55.1 Å². The van der Waals surface area contributed by atoms with Crippen LogP contribution >= 0.6 is 11.3 Å². The molecule has 0 aliphatic rings. The summed E-state index contributed by atoms with van der Waals surface area (Å²) in [6.07, 6.45) is 0.683. The normalized spacial score (nSPS) is 10.6. The Labute approximate surface area is 97.2 Å². The molecule has 0 aliphatic carbocycles. The largest absolute Gasteiger partial charge is 0.476 e. The zero-order valence-electron chi connectivity index (χ0n) is 9.10. The third-order valence-corrected chi connectivity index (χ3v) is 3.47. The molecule has 0 unspecified atom stereocenters. The molecule has 0 spiro atoms. The highest BCUT2D eigenvalue weighted by Gasteiger charge is 2.16. The maximum Gasteiger partial charge on any atom is 0.356 e. The van der Waals surface area contributed by atoms with Crippen molar-refractivity contribution in [1.29, 1.82) is 0 Å². The second-order valence-electron chi connectivity index (χ2n) is 3.58. The summed E-state index contributed by atoms with van der Waals surface area (Å²) in [7, 11) is 1.84. The van der Waals surface area contributed by atoms with Gasteiger partial charge in [-0.25, -0.2) is 9.78 Å². The van der Waals surface area contributed by atoms with Crippen molar-refractivity contribution in [2.45, 2.75) is 13.3 Å². The van der Waals surface area contributed by atoms with Crippen LogP contribution < -0.4 is 0 Å². The van der Waals surface area contributed by atoms with E-state index in [4.69, 9.17) is 5.11 Å². The number of carboxylic acid groups (broad SMARTS) is 1. The highest BCUT2D eigenvalue weighted by Crippen LogP contribution is 2.16. The molecule has 5 heteroatoms. The van der Waals surface area contributed by atoms with E-state index in [1.54, 1.807) is 18.3 Å². The summed E-state index contributed by atoms with van der Waals surface area (Å²) in [4.78, 5) is 16.3. The van der Waals surface area contributed by atoms with Crippen molar-refractivity contribution in [2.24, 2.45) is 7.05 Å². The van der Waals surface area contributed by atoms with Crippen LogP contribution in [0, 0.1) is 6.92 Å². The molecule has 4 nitrogen and oxygen atoms in total. The van der Waals surface area contributed by atoms with Crippen LogP contribution in [0.15, 0.2) is 17.5 Å². The lowest BCUT2D eigenvalue weighted by atomic mass is 10.3. The van der Waals surface area contributed by atoms with Gasteiger partial charge < -0.3 is 9.67 Å². The van der Waals surface area contributed by atoms with Gasteiger partial charge in [0.15, 0.2) is 5.69 Å². The Bertz CT molecular complexity index is 514. The standard InChI is InChI=1S/C11H12N2O2S/c1-7-10(11(14)15)12-9(13(7)2)6-8-4-3-5-16-8/h3-5H,6H2,1-2H3,(H,14,15). The van der Waals surface area contributed by atoms with Crippen molar-refractivity contribution >= 4 is 17.3 Å². The lowest BCUT2D eigenvalue weighted by Crippen LogP contribution is -2.00. The second-order valence-corrected chi connectivity index (χ2v) is 4.61. The minimum Gasteiger partial charge on any atom is -0.476 e. The quantitative estimate of drug-likeness (QED) is 0.887. The Morgan fingerprint density at radius 2 is 2.38 bits per heavy atom.